The van der Waals surface area contributed by atoms with Crippen LogP contribution in [-0.4, -0.2) is 132 Å². The van der Waals surface area contributed by atoms with Crippen LogP contribution in [0.4, 0.5) is 27.2 Å². The van der Waals surface area contributed by atoms with Gasteiger partial charge in [0.05, 0.1) is 19.1 Å². The average Bonchev–Trinajstić information content (AvgIpc) is 3.69. The average molecular weight is 948 g/mol. The molecule has 2 aliphatic rings. The molecule has 2 saturated heterocycles. The van der Waals surface area contributed by atoms with Gasteiger partial charge in [0.1, 0.15) is 22.8 Å². The largest absolute Gasteiger partial charge is 0.444 e. The lowest BCUT2D eigenvalue weighted by atomic mass is 10.0. The first-order valence-corrected chi connectivity index (χ1v) is 24.1. The zero-order chi connectivity index (χ0) is 47.9. The highest BCUT2D eigenvalue weighted by Crippen LogP contribution is 2.29. The number of ketones is 1. The minimum absolute atomic E-state index is 0.0947. The first-order chi connectivity index (χ1) is 29.6. The molecule has 0 aliphatic carbocycles. The molecule has 2 aromatic carbocycles. The van der Waals surface area contributed by atoms with E-state index in [1.54, 1.807) is 46.4 Å². The fraction of sp³-hybridized carbons (Fsp3) is 0.585. The van der Waals surface area contributed by atoms with Gasteiger partial charge < -0.3 is 29.4 Å². The van der Waals surface area contributed by atoms with Gasteiger partial charge >= 0.3 is 18.6 Å². The molecule has 0 atom stereocenters. The number of aromatic nitrogens is 2. The molecule has 5 rings (SSSR count). The number of ether oxygens (including phenoxy) is 2. The number of carbonyl (C=O) groups is 3. The maximum atomic E-state index is 14.8. The third-order valence-electron chi connectivity index (χ3n) is 10.0. The number of hydrogen-bond donors (Lipinski definition) is 1. The summed E-state index contributed by atoms with van der Waals surface area (Å²) in [5, 5.41) is 6.69. The number of hydrogen-bond acceptors (Lipinski definition) is 13. The van der Waals surface area contributed by atoms with Gasteiger partial charge in [-0.25, -0.2) is 35.2 Å². The molecule has 0 unspecified atom stereocenters. The van der Waals surface area contributed by atoms with Crippen LogP contribution in [0.2, 0.25) is 0 Å². The second-order valence-electron chi connectivity index (χ2n) is 17.5. The van der Waals surface area contributed by atoms with Crippen molar-refractivity contribution in [3.63, 3.8) is 0 Å². The number of piperidine rings is 2. The predicted molar refractivity (Wildman–Crippen MR) is 227 cm³/mol. The Hall–Kier alpha value is -4.71. The molecular weight excluding hydrogens is 891 g/mol. The smallest absolute Gasteiger partial charge is 0.410 e. The number of carbonyl (C=O) groups excluding carboxylic acids is 3. The van der Waals surface area contributed by atoms with Crippen molar-refractivity contribution in [3.8, 4) is 11.5 Å². The highest BCUT2D eigenvalue weighted by atomic mass is 32.2. The van der Waals surface area contributed by atoms with Crippen molar-refractivity contribution >= 4 is 38.0 Å². The van der Waals surface area contributed by atoms with Crippen molar-refractivity contribution < 1.29 is 62.7 Å². The summed E-state index contributed by atoms with van der Waals surface area (Å²) in [6.45, 7) is 11.3. The topological polar surface area (TPSA) is 216 Å². The molecule has 0 radical (unpaired) electrons. The summed E-state index contributed by atoms with van der Waals surface area (Å²) in [5.74, 6) is -2.94. The minimum Gasteiger partial charge on any atom is -0.444 e. The molecule has 2 aliphatic heterocycles. The van der Waals surface area contributed by atoms with Crippen LogP contribution in [-0.2, 0) is 42.6 Å². The van der Waals surface area contributed by atoms with Crippen LogP contribution in [0.5, 0.6) is 0 Å². The van der Waals surface area contributed by atoms with E-state index in [-0.39, 0.29) is 53.8 Å². The molecule has 0 bridgehead atoms. The van der Waals surface area contributed by atoms with E-state index in [0.29, 0.717) is 51.9 Å². The maximum Gasteiger partial charge on any atom is 0.410 e. The summed E-state index contributed by atoms with van der Waals surface area (Å²) in [4.78, 5) is 39.2. The second-order valence-corrected chi connectivity index (χ2v) is 21.4. The molecule has 3 aromatic rings. The first-order valence-electron chi connectivity index (χ1n) is 20.4. The van der Waals surface area contributed by atoms with Crippen molar-refractivity contribution in [2.45, 2.75) is 110 Å². The van der Waals surface area contributed by atoms with Gasteiger partial charge in [-0.15, -0.1) is 10.2 Å². The van der Waals surface area contributed by atoms with Gasteiger partial charge in [-0.1, -0.05) is 18.2 Å². The number of Topliss-reactive ketones (excluding diaryl/α,β-unsaturated/α-hetero) is 1. The Balaban J connectivity index is 0.000000283. The Bertz CT molecular complexity index is 2340. The highest BCUT2D eigenvalue weighted by molar-refractivity contribution is 7.88. The van der Waals surface area contributed by atoms with E-state index in [0.717, 1.165) is 24.6 Å². The molecule has 2 N–H and O–H groups in total. The standard InChI is InChI=1S/C21H27F3N4O5S.C20H30FN3O5S/c1-21(2,3)33-20(29)27-9-7-15(8-10-27)28(34(4,30)31)12-14-6-5-13(11-16(14)22)18-25-26-19(32-18)17(23)24;1-20(2,3)29-19(26)23-9-7-16(8-10-23)24(30(4,27)28)13-15-6-5-14(11-17(15)21)18(25)12-22/h5-6,11,15,17H,7-10,12H2,1-4H3;5-6,11,16H,7-10,12-13,22H2,1-4H3. The van der Waals surface area contributed by atoms with E-state index < -0.39 is 79.2 Å². The number of likely N-dealkylation sites (tertiary alicyclic amines) is 2. The van der Waals surface area contributed by atoms with Crippen molar-refractivity contribution in [2.24, 2.45) is 5.73 Å². The Labute approximate surface area is 371 Å². The maximum absolute atomic E-state index is 14.8. The van der Waals surface area contributed by atoms with Crippen LogP contribution in [0.25, 0.3) is 11.5 Å². The molecule has 0 spiro atoms. The first kappa shape index (κ1) is 51.9. The normalized spacial score (nSPS) is 15.9. The number of sulfonamides is 2. The lowest BCUT2D eigenvalue weighted by Gasteiger charge is -2.37. The number of halogens is 4. The molecule has 17 nitrogen and oxygen atoms in total. The number of nitrogens with two attached hydrogens (primary N) is 1. The number of nitrogens with zero attached hydrogens (tertiary/aromatic N) is 6. The molecule has 64 heavy (non-hydrogen) atoms. The lowest BCUT2D eigenvalue weighted by molar-refractivity contribution is 0.0165. The molecule has 23 heteroatoms. The van der Waals surface area contributed by atoms with Crippen LogP contribution in [0.3, 0.4) is 0 Å². The molecule has 0 saturated carbocycles. The van der Waals surface area contributed by atoms with E-state index in [2.05, 4.69) is 10.2 Å². The van der Waals surface area contributed by atoms with E-state index in [9.17, 15) is 48.8 Å². The lowest BCUT2D eigenvalue weighted by Crippen LogP contribution is -2.49. The van der Waals surface area contributed by atoms with Crippen LogP contribution < -0.4 is 5.73 Å². The quantitative estimate of drug-likeness (QED) is 0.161. The van der Waals surface area contributed by atoms with Gasteiger partial charge in [0.25, 0.3) is 5.89 Å². The summed E-state index contributed by atoms with van der Waals surface area (Å²) in [6.07, 6.45) is -0.158. The van der Waals surface area contributed by atoms with E-state index in [1.165, 1.54) is 37.8 Å². The van der Waals surface area contributed by atoms with Crippen molar-refractivity contribution in [2.75, 3.05) is 45.2 Å². The molecule has 356 valence electrons. The van der Waals surface area contributed by atoms with Gasteiger partial charge in [0, 0.05) is 73.6 Å². The molecule has 1 aromatic heterocycles. The van der Waals surface area contributed by atoms with Gasteiger partial charge in [0.15, 0.2) is 5.78 Å². The summed E-state index contributed by atoms with van der Waals surface area (Å²) in [7, 11) is -7.34. The van der Waals surface area contributed by atoms with E-state index in [1.807, 2.05) is 0 Å². The van der Waals surface area contributed by atoms with E-state index in [4.69, 9.17) is 19.6 Å². The molecule has 3 heterocycles. The van der Waals surface area contributed by atoms with Gasteiger partial charge in [-0.05, 0) is 85.4 Å². The zero-order valence-electron chi connectivity index (χ0n) is 37.1. The van der Waals surface area contributed by atoms with Gasteiger partial charge in [-0.3, -0.25) is 4.79 Å². The molecule has 2 amide bonds. The van der Waals surface area contributed by atoms with Crippen molar-refractivity contribution in [3.05, 3.63) is 70.6 Å². The van der Waals surface area contributed by atoms with Crippen LogP contribution in [0.15, 0.2) is 40.8 Å². The summed E-state index contributed by atoms with van der Waals surface area (Å²) in [6, 6.07) is 6.91. The Morgan fingerprint density at radius 3 is 1.52 bits per heavy atom. The Kier molecular flexibility index (Phi) is 17.1. The number of benzene rings is 2. The number of amides is 2. The number of rotatable bonds is 12. The molecule has 2 fully saturated rings. The summed E-state index contributed by atoms with van der Waals surface area (Å²) >= 11 is 0. The van der Waals surface area contributed by atoms with Crippen molar-refractivity contribution in [1.82, 2.24) is 28.6 Å². The van der Waals surface area contributed by atoms with Gasteiger partial charge in [-0.2, -0.15) is 17.4 Å². The van der Waals surface area contributed by atoms with Crippen LogP contribution >= 0.6 is 0 Å². The predicted octanol–water partition coefficient (Wildman–Crippen LogP) is 6.10. The minimum atomic E-state index is -3.71. The van der Waals surface area contributed by atoms with Crippen LogP contribution in [0, 0.1) is 11.6 Å². The fourth-order valence-electron chi connectivity index (χ4n) is 6.91. The van der Waals surface area contributed by atoms with Crippen LogP contribution in [0.1, 0.15) is 101 Å². The summed E-state index contributed by atoms with van der Waals surface area (Å²) < 4.78 is 122. The van der Waals surface area contributed by atoms with Gasteiger partial charge in [0.2, 0.25) is 25.9 Å². The Morgan fingerprint density at radius 1 is 0.750 bits per heavy atom. The summed E-state index contributed by atoms with van der Waals surface area (Å²) in [5.41, 5.74) is 4.56. The molecular formula is C41H57F4N7O10S2. The van der Waals surface area contributed by atoms with Crippen molar-refractivity contribution in [1.29, 1.82) is 0 Å². The SMILES string of the molecule is CC(C)(C)OC(=O)N1CCC(N(Cc2ccc(-c3nnc(C(F)F)o3)cc2F)S(C)(=O)=O)CC1.CC(C)(C)OC(=O)N1CCC(N(Cc2ccc(C(=O)CN)cc2F)S(C)(=O)=O)CC1. The van der Waals surface area contributed by atoms with E-state index >= 15 is 0 Å². The third-order valence-corrected chi connectivity index (χ3v) is 12.6. The Morgan fingerprint density at radius 2 is 1.17 bits per heavy atom. The second kappa shape index (κ2) is 21.1. The third kappa shape index (κ3) is 14.9. The fourth-order valence-corrected chi connectivity index (χ4v) is 9.16. The highest BCUT2D eigenvalue weighted by Gasteiger charge is 2.35. The number of alkyl halides is 2. The monoisotopic (exact) mass is 947 g/mol. The zero-order valence-corrected chi connectivity index (χ0v) is 38.8.